The number of rotatable bonds is 5. The summed E-state index contributed by atoms with van der Waals surface area (Å²) in [7, 11) is 1.64. The van der Waals surface area contributed by atoms with Crippen LogP contribution in [0.1, 0.15) is 20.8 Å². The summed E-state index contributed by atoms with van der Waals surface area (Å²) in [4.78, 5) is 11.9. The number of ether oxygens (including phenoxy) is 1. The van der Waals surface area contributed by atoms with Gasteiger partial charge in [-0.1, -0.05) is 15.9 Å². The summed E-state index contributed by atoms with van der Waals surface area (Å²) in [6, 6.07) is 7.50. The Morgan fingerprint density at radius 1 is 1.37 bits per heavy atom. The molecule has 2 aromatic rings. The van der Waals surface area contributed by atoms with Gasteiger partial charge in [0.05, 0.1) is 12.7 Å². The van der Waals surface area contributed by atoms with Crippen LogP contribution in [0.5, 0.6) is 5.75 Å². The van der Waals surface area contributed by atoms with Crippen LogP contribution < -0.4 is 4.74 Å². The number of thiophene rings is 1. The van der Waals surface area contributed by atoms with Crippen molar-refractivity contribution >= 4 is 33.2 Å². The Kier molecular flexibility index (Phi) is 4.61. The zero-order valence-corrected chi connectivity index (χ0v) is 12.8. The first kappa shape index (κ1) is 14.1. The minimum absolute atomic E-state index is 0.402. The molecule has 2 rings (SSSR count). The topological polar surface area (TPSA) is 46.5 Å². The average Bonchev–Trinajstić information content (AvgIpc) is 2.85. The maximum atomic E-state index is 11.0. The SMILES string of the molecule is COc1ccc(Br)cc1CCc1sccc1C(=O)O. The molecule has 1 aromatic carbocycles. The Bertz CT molecular complexity index is 592. The van der Waals surface area contributed by atoms with Crippen molar-refractivity contribution in [3.05, 3.63) is 50.1 Å². The molecule has 1 aromatic heterocycles. The van der Waals surface area contributed by atoms with Gasteiger partial charge in [0.15, 0.2) is 0 Å². The molecule has 1 heterocycles. The third-order valence-corrected chi connectivity index (χ3v) is 4.31. The van der Waals surface area contributed by atoms with E-state index in [0.29, 0.717) is 12.0 Å². The average molecular weight is 341 g/mol. The summed E-state index contributed by atoms with van der Waals surface area (Å²) in [5.41, 5.74) is 1.47. The van der Waals surface area contributed by atoms with Gasteiger partial charge in [0.2, 0.25) is 0 Å². The van der Waals surface area contributed by atoms with Crippen molar-refractivity contribution in [2.24, 2.45) is 0 Å². The number of methoxy groups -OCH3 is 1. The predicted octanol–water partition coefficient (Wildman–Crippen LogP) is 4.00. The molecule has 5 heteroatoms. The third kappa shape index (κ3) is 3.36. The molecule has 0 aliphatic heterocycles. The summed E-state index contributed by atoms with van der Waals surface area (Å²) in [5, 5.41) is 10.9. The van der Waals surface area contributed by atoms with Gasteiger partial charge in [-0.15, -0.1) is 11.3 Å². The second-order valence-electron chi connectivity index (χ2n) is 4.02. The number of carboxylic acid groups (broad SMARTS) is 1. The molecular formula is C14H13BrO3S. The van der Waals surface area contributed by atoms with E-state index >= 15 is 0 Å². The van der Waals surface area contributed by atoms with Crippen molar-refractivity contribution in [2.45, 2.75) is 12.8 Å². The second-order valence-corrected chi connectivity index (χ2v) is 5.94. The van der Waals surface area contributed by atoms with Gasteiger partial charge < -0.3 is 9.84 Å². The first-order valence-electron chi connectivity index (χ1n) is 5.74. The molecule has 1 N–H and O–H groups in total. The van der Waals surface area contributed by atoms with Gasteiger partial charge in [0, 0.05) is 9.35 Å². The summed E-state index contributed by atoms with van der Waals surface area (Å²) in [6.45, 7) is 0. The number of aromatic carboxylic acids is 1. The van der Waals surface area contributed by atoms with Crippen LogP contribution in [0.4, 0.5) is 0 Å². The quantitative estimate of drug-likeness (QED) is 0.894. The van der Waals surface area contributed by atoms with Gasteiger partial charge >= 0.3 is 5.97 Å². The van der Waals surface area contributed by atoms with Crippen molar-refractivity contribution in [3.63, 3.8) is 0 Å². The number of hydrogen-bond acceptors (Lipinski definition) is 3. The van der Waals surface area contributed by atoms with E-state index in [1.54, 1.807) is 13.2 Å². The Hall–Kier alpha value is -1.33. The first-order valence-corrected chi connectivity index (χ1v) is 7.41. The van der Waals surface area contributed by atoms with Gasteiger partial charge in [-0.3, -0.25) is 0 Å². The fraction of sp³-hybridized carbons (Fsp3) is 0.214. The summed E-state index contributed by atoms with van der Waals surface area (Å²) in [5.74, 6) is -0.0333. The van der Waals surface area contributed by atoms with Crippen molar-refractivity contribution in [1.29, 1.82) is 0 Å². The highest BCUT2D eigenvalue weighted by Crippen LogP contribution is 2.26. The van der Waals surface area contributed by atoms with Crippen LogP contribution in [0.3, 0.4) is 0 Å². The number of benzene rings is 1. The molecular weight excluding hydrogens is 328 g/mol. The first-order chi connectivity index (χ1) is 9.11. The van der Waals surface area contributed by atoms with Crippen LogP contribution in [0.25, 0.3) is 0 Å². The van der Waals surface area contributed by atoms with Gasteiger partial charge in [-0.05, 0) is 48.1 Å². The van der Waals surface area contributed by atoms with Crippen LogP contribution in [-0.4, -0.2) is 18.2 Å². The second kappa shape index (κ2) is 6.21. The maximum Gasteiger partial charge on any atom is 0.336 e. The number of hydrogen-bond donors (Lipinski definition) is 1. The molecule has 0 bridgehead atoms. The molecule has 0 radical (unpaired) electrons. The van der Waals surface area contributed by atoms with Crippen LogP contribution in [0.2, 0.25) is 0 Å². The van der Waals surface area contributed by atoms with E-state index in [-0.39, 0.29) is 0 Å². The number of halogens is 1. The highest BCUT2D eigenvalue weighted by molar-refractivity contribution is 9.10. The van der Waals surface area contributed by atoms with Crippen LogP contribution in [0.15, 0.2) is 34.1 Å². The molecule has 0 atom stereocenters. The van der Waals surface area contributed by atoms with E-state index in [0.717, 1.165) is 27.1 Å². The molecule has 0 unspecified atom stereocenters. The molecule has 0 fully saturated rings. The van der Waals surface area contributed by atoms with Gasteiger partial charge in [0.1, 0.15) is 5.75 Å². The van der Waals surface area contributed by atoms with Crippen LogP contribution in [0, 0.1) is 0 Å². The number of aryl methyl sites for hydroxylation is 2. The van der Waals surface area contributed by atoms with E-state index in [2.05, 4.69) is 15.9 Å². The summed E-state index contributed by atoms with van der Waals surface area (Å²) in [6.07, 6.45) is 1.45. The lowest BCUT2D eigenvalue weighted by Crippen LogP contribution is -2.00. The van der Waals surface area contributed by atoms with E-state index in [1.165, 1.54) is 11.3 Å². The lowest BCUT2D eigenvalue weighted by Gasteiger charge is -2.08. The fourth-order valence-corrected chi connectivity index (χ4v) is 3.19. The largest absolute Gasteiger partial charge is 0.496 e. The molecule has 0 aliphatic carbocycles. The molecule has 19 heavy (non-hydrogen) atoms. The minimum atomic E-state index is -0.863. The zero-order chi connectivity index (χ0) is 13.8. The maximum absolute atomic E-state index is 11.0. The summed E-state index contributed by atoms with van der Waals surface area (Å²) >= 11 is 4.92. The molecule has 0 saturated heterocycles. The summed E-state index contributed by atoms with van der Waals surface area (Å²) < 4.78 is 6.31. The lowest BCUT2D eigenvalue weighted by molar-refractivity contribution is 0.0696. The van der Waals surface area contributed by atoms with Crippen LogP contribution in [-0.2, 0) is 12.8 Å². The Morgan fingerprint density at radius 3 is 2.84 bits per heavy atom. The van der Waals surface area contributed by atoms with E-state index < -0.39 is 5.97 Å². The lowest BCUT2D eigenvalue weighted by atomic mass is 10.1. The van der Waals surface area contributed by atoms with E-state index in [1.807, 2.05) is 23.6 Å². The molecule has 3 nitrogen and oxygen atoms in total. The van der Waals surface area contributed by atoms with Crippen molar-refractivity contribution in [1.82, 2.24) is 0 Å². The molecule has 0 aliphatic rings. The normalized spacial score (nSPS) is 10.4. The van der Waals surface area contributed by atoms with Crippen molar-refractivity contribution < 1.29 is 14.6 Å². The molecule has 100 valence electrons. The zero-order valence-electron chi connectivity index (χ0n) is 10.4. The highest BCUT2D eigenvalue weighted by atomic mass is 79.9. The molecule has 0 amide bonds. The third-order valence-electron chi connectivity index (χ3n) is 2.84. The number of carboxylic acids is 1. The van der Waals surface area contributed by atoms with Crippen LogP contribution >= 0.6 is 27.3 Å². The fourth-order valence-electron chi connectivity index (χ4n) is 1.92. The van der Waals surface area contributed by atoms with E-state index in [9.17, 15) is 4.79 Å². The minimum Gasteiger partial charge on any atom is -0.496 e. The molecule has 0 spiro atoms. The van der Waals surface area contributed by atoms with Crippen molar-refractivity contribution in [2.75, 3.05) is 7.11 Å². The molecule has 0 saturated carbocycles. The van der Waals surface area contributed by atoms with Gasteiger partial charge in [0.25, 0.3) is 0 Å². The Balaban J connectivity index is 2.16. The van der Waals surface area contributed by atoms with Crippen molar-refractivity contribution in [3.8, 4) is 5.75 Å². The van der Waals surface area contributed by atoms with E-state index in [4.69, 9.17) is 9.84 Å². The standard InChI is InChI=1S/C14H13BrO3S/c1-18-12-4-3-10(15)8-9(12)2-5-13-11(14(16)17)6-7-19-13/h3-4,6-8H,2,5H2,1H3,(H,16,17). The monoisotopic (exact) mass is 340 g/mol. The Labute approximate surface area is 124 Å². The number of carbonyl (C=O) groups is 1. The van der Waals surface area contributed by atoms with Gasteiger partial charge in [-0.2, -0.15) is 0 Å². The predicted molar refractivity (Wildman–Crippen MR) is 79.4 cm³/mol. The highest BCUT2D eigenvalue weighted by Gasteiger charge is 2.12. The van der Waals surface area contributed by atoms with Gasteiger partial charge in [-0.25, -0.2) is 4.79 Å². The Morgan fingerprint density at radius 2 is 2.16 bits per heavy atom. The smallest absolute Gasteiger partial charge is 0.336 e.